The van der Waals surface area contributed by atoms with Gasteiger partial charge in [0, 0.05) is 6.04 Å². The van der Waals surface area contributed by atoms with Crippen LogP contribution < -0.4 is 20.1 Å². The molecule has 0 spiro atoms. The molecule has 1 fully saturated rings. The lowest BCUT2D eigenvalue weighted by Gasteiger charge is -2.31. The molecule has 2 aromatic rings. The number of benzene rings is 2. The molecule has 2 N–H and O–H groups in total. The average Bonchev–Trinajstić information content (AvgIpc) is 3.30. The minimum Gasteiger partial charge on any atom is -0.454 e. The molecular formula is C24H25N3O5. The van der Waals surface area contributed by atoms with Crippen LogP contribution in [0.3, 0.4) is 0 Å². The van der Waals surface area contributed by atoms with Crippen LogP contribution in [0.5, 0.6) is 11.5 Å². The number of amides is 2. The summed E-state index contributed by atoms with van der Waals surface area (Å²) in [4.78, 5) is 25.4. The molecule has 166 valence electrons. The van der Waals surface area contributed by atoms with Gasteiger partial charge in [-0.25, -0.2) is 4.79 Å². The third kappa shape index (κ3) is 5.11. The minimum atomic E-state index is -0.829. The van der Waals surface area contributed by atoms with Crippen molar-refractivity contribution in [1.82, 2.24) is 10.6 Å². The lowest BCUT2D eigenvalue weighted by molar-refractivity contribution is -0.127. The van der Waals surface area contributed by atoms with Crippen LogP contribution in [0.1, 0.15) is 42.9 Å². The topological polar surface area (TPSA) is 110 Å². The third-order valence-corrected chi connectivity index (χ3v) is 5.76. The van der Waals surface area contributed by atoms with Crippen molar-refractivity contribution in [3.63, 3.8) is 0 Å². The molecular weight excluding hydrogens is 410 g/mol. The highest BCUT2D eigenvalue weighted by molar-refractivity contribution is 5.81. The number of carbonyl (C=O) groups excluding carboxylic acids is 2. The van der Waals surface area contributed by atoms with E-state index in [9.17, 15) is 14.9 Å². The highest BCUT2D eigenvalue weighted by Gasteiger charge is 2.33. The molecule has 0 bridgehead atoms. The van der Waals surface area contributed by atoms with Crippen LogP contribution in [0.4, 0.5) is 4.79 Å². The van der Waals surface area contributed by atoms with E-state index in [1.54, 1.807) is 18.2 Å². The Balaban J connectivity index is 1.36. The first-order valence-corrected chi connectivity index (χ1v) is 10.7. The van der Waals surface area contributed by atoms with E-state index in [0.29, 0.717) is 29.9 Å². The second-order valence-electron chi connectivity index (χ2n) is 7.89. The Bertz CT molecular complexity index is 1000. The molecule has 0 aromatic heterocycles. The fraction of sp³-hybridized carbons (Fsp3) is 0.375. The lowest BCUT2D eigenvalue weighted by atomic mass is 9.83. The van der Waals surface area contributed by atoms with Crippen molar-refractivity contribution in [3.05, 3.63) is 59.7 Å². The summed E-state index contributed by atoms with van der Waals surface area (Å²) in [6.45, 7) is 0.301. The van der Waals surface area contributed by atoms with E-state index < -0.39 is 18.1 Å². The highest BCUT2D eigenvalue weighted by atomic mass is 16.7. The Morgan fingerprint density at radius 2 is 1.88 bits per heavy atom. The second kappa shape index (κ2) is 10.1. The smallest absolute Gasteiger partial charge is 0.407 e. The summed E-state index contributed by atoms with van der Waals surface area (Å²) < 4.78 is 16.0. The summed E-state index contributed by atoms with van der Waals surface area (Å²) in [6.07, 6.45) is 2.56. The Labute approximate surface area is 186 Å². The molecule has 4 rings (SSSR count). The number of hydrogen-bond donors (Lipinski definition) is 2. The van der Waals surface area contributed by atoms with Gasteiger partial charge in [0.05, 0.1) is 12.0 Å². The normalized spacial score (nSPS) is 20.0. The van der Waals surface area contributed by atoms with Gasteiger partial charge in [-0.1, -0.05) is 49.2 Å². The number of alkyl carbamates (subject to hydrolysis) is 1. The Hall–Kier alpha value is -3.73. The molecule has 1 heterocycles. The molecule has 2 aliphatic rings. The predicted octanol–water partition coefficient (Wildman–Crippen LogP) is 3.58. The summed E-state index contributed by atoms with van der Waals surface area (Å²) in [5, 5.41) is 15.3. The van der Waals surface area contributed by atoms with Crippen LogP contribution in [-0.2, 0) is 16.1 Å². The van der Waals surface area contributed by atoms with Crippen molar-refractivity contribution < 1.29 is 23.8 Å². The molecule has 1 aliphatic carbocycles. The molecule has 2 amide bonds. The van der Waals surface area contributed by atoms with E-state index in [0.717, 1.165) is 18.4 Å². The van der Waals surface area contributed by atoms with Gasteiger partial charge in [0.2, 0.25) is 12.7 Å². The van der Waals surface area contributed by atoms with E-state index in [1.165, 1.54) is 0 Å². The molecule has 0 saturated heterocycles. The Kier molecular flexibility index (Phi) is 6.75. The van der Waals surface area contributed by atoms with Gasteiger partial charge in [-0.05, 0) is 36.1 Å². The number of fused-ring (bicyclic) bond motifs is 1. The first-order chi connectivity index (χ1) is 15.6. The van der Waals surface area contributed by atoms with Crippen LogP contribution >= 0.6 is 0 Å². The van der Waals surface area contributed by atoms with Crippen LogP contribution in [0, 0.1) is 17.2 Å². The van der Waals surface area contributed by atoms with E-state index in [1.807, 2.05) is 30.3 Å². The van der Waals surface area contributed by atoms with Crippen LogP contribution in [0.15, 0.2) is 48.5 Å². The maximum Gasteiger partial charge on any atom is 0.407 e. The first-order valence-electron chi connectivity index (χ1n) is 10.7. The molecule has 3 atom stereocenters. The van der Waals surface area contributed by atoms with Gasteiger partial charge < -0.3 is 24.8 Å². The van der Waals surface area contributed by atoms with Crippen molar-refractivity contribution >= 4 is 12.0 Å². The summed E-state index contributed by atoms with van der Waals surface area (Å²) in [7, 11) is 0. The number of nitrogens with zero attached hydrogens (tertiary/aromatic N) is 1. The van der Waals surface area contributed by atoms with E-state index >= 15 is 0 Å². The second-order valence-corrected chi connectivity index (χ2v) is 7.89. The number of ether oxygens (including phenoxy) is 3. The zero-order valence-electron chi connectivity index (χ0n) is 17.6. The predicted molar refractivity (Wildman–Crippen MR) is 115 cm³/mol. The van der Waals surface area contributed by atoms with Crippen molar-refractivity contribution in [2.45, 2.75) is 44.4 Å². The standard InChI is InChI=1S/C24H25N3O5/c25-13-20(17-10-11-21-22(12-17)32-15-31-21)26-23(28)18-8-4-5-9-19(18)27-24(29)30-14-16-6-2-1-3-7-16/h1-3,6-7,10-12,18-20H,4-5,8-9,14-15H2,(H,26,28)(H,27,29). The fourth-order valence-electron chi connectivity index (χ4n) is 4.07. The van der Waals surface area contributed by atoms with Gasteiger partial charge in [0.15, 0.2) is 11.5 Å². The van der Waals surface area contributed by atoms with Gasteiger partial charge in [0.25, 0.3) is 0 Å². The third-order valence-electron chi connectivity index (χ3n) is 5.76. The molecule has 8 heteroatoms. The zero-order chi connectivity index (χ0) is 22.3. The van der Waals surface area contributed by atoms with Crippen molar-refractivity contribution in [2.75, 3.05) is 6.79 Å². The number of hydrogen-bond acceptors (Lipinski definition) is 6. The van der Waals surface area contributed by atoms with Crippen molar-refractivity contribution in [3.8, 4) is 17.6 Å². The average molecular weight is 435 g/mol. The van der Waals surface area contributed by atoms with Gasteiger partial charge in [-0.15, -0.1) is 0 Å². The summed E-state index contributed by atoms with van der Waals surface area (Å²) in [6, 6.07) is 15.5. The summed E-state index contributed by atoms with van der Waals surface area (Å²) in [5.41, 5.74) is 1.51. The maximum absolute atomic E-state index is 13.0. The largest absolute Gasteiger partial charge is 0.454 e. The minimum absolute atomic E-state index is 0.137. The van der Waals surface area contributed by atoms with Crippen molar-refractivity contribution in [1.29, 1.82) is 5.26 Å². The van der Waals surface area contributed by atoms with Crippen LogP contribution in [0.25, 0.3) is 0 Å². The number of nitriles is 1. The van der Waals surface area contributed by atoms with Crippen molar-refractivity contribution in [2.24, 2.45) is 5.92 Å². The van der Waals surface area contributed by atoms with Gasteiger partial charge in [-0.2, -0.15) is 5.26 Å². The molecule has 32 heavy (non-hydrogen) atoms. The number of carbonyl (C=O) groups is 2. The Morgan fingerprint density at radius 3 is 2.69 bits per heavy atom. The summed E-state index contributed by atoms with van der Waals surface area (Å²) in [5.74, 6) is 0.470. The number of rotatable bonds is 6. The number of nitrogens with one attached hydrogen (secondary N) is 2. The maximum atomic E-state index is 13.0. The molecule has 0 radical (unpaired) electrons. The fourth-order valence-corrected chi connectivity index (χ4v) is 4.07. The van der Waals surface area contributed by atoms with Gasteiger partial charge >= 0.3 is 6.09 Å². The molecule has 3 unspecified atom stereocenters. The SMILES string of the molecule is N#CC(NC(=O)C1CCCCC1NC(=O)OCc1ccccc1)c1ccc2c(c1)OCO2. The van der Waals surface area contributed by atoms with E-state index in [4.69, 9.17) is 14.2 Å². The van der Waals surface area contributed by atoms with Gasteiger partial charge in [-0.3, -0.25) is 4.79 Å². The molecule has 1 aliphatic heterocycles. The monoisotopic (exact) mass is 435 g/mol. The first kappa shape index (κ1) is 21.5. The Morgan fingerprint density at radius 1 is 1.09 bits per heavy atom. The van der Waals surface area contributed by atoms with E-state index in [-0.39, 0.29) is 25.3 Å². The molecule has 1 saturated carbocycles. The van der Waals surface area contributed by atoms with Gasteiger partial charge in [0.1, 0.15) is 12.6 Å². The van der Waals surface area contributed by atoms with E-state index in [2.05, 4.69) is 16.7 Å². The van der Waals surface area contributed by atoms with Crippen LogP contribution in [0.2, 0.25) is 0 Å². The zero-order valence-corrected chi connectivity index (χ0v) is 17.6. The lowest BCUT2D eigenvalue weighted by Crippen LogP contribution is -2.49. The quantitative estimate of drug-likeness (QED) is 0.718. The highest BCUT2D eigenvalue weighted by Crippen LogP contribution is 2.34. The summed E-state index contributed by atoms with van der Waals surface area (Å²) >= 11 is 0. The van der Waals surface area contributed by atoms with Crippen LogP contribution in [-0.4, -0.2) is 24.8 Å². The molecule has 8 nitrogen and oxygen atoms in total. The molecule has 2 aromatic carbocycles.